The van der Waals surface area contributed by atoms with Crippen molar-refractivity contribution in [2.24, 2.45) is 5.92 Å². The van der Waals surface area contributed by atoms with Crippen LogP contribution in [0, 0.1) is 16.0 Å². The Bertz CT molecular complexity index is 428. The monoisotopic (exact) mass is 288 g/mol. The molecule has 0 fully saturated rings. The zero-order valence-electron chi connectivity index (χ0n) is 10.9. The average molecular weight is 289 g/mol. The first kappa shape index (κ1) is 15.6. The summed E-state index contributed by atoms with van der Waals surface area (Å²) in [5, 5.41) is 13.5. The Labute approximate surface area is 116 Å². The van der Waals surface area contributed by atoms with E-state index in [0.29, 0.717) is 25.7 Å². The van der Waals surface area contributed by atoms with Gasteiger partial charge in [-0.05, 0) is 23.9 Å². The third-order valence-corrected chi connectivity index (χ3v) is 2.50. The molecule has 0 aliphatic heterocycles. The molecular formula is C11H17ClN4O3. The summed E-state index contributed by atoms with van der Waals surface area (Å²) in [6.45, 7) is 5.78. The molecule has 0 aliphatic carbocycles. The Kier molecular flexibility index (Phi) is 6.44. The van der Waals surface area contributed by atoms with Crippen LogP contribution in [0.3, 0.4) is 0 Å². The molecule has 8 heteroatoms. The molecule has 1 aromatic rings. The summed E-state index contributed by atoms with van der Waals surface area (Å²) in [5.74, 6) is 0.701. The molecule has 0 saturated carbocycles. The van der Waals surface area contributed by atoms with Crippen molar-refractivity contribution in [3.63, 3.8) is 0 Å². The van der Waals surface area contributed by atoms with Crippen molar-refractivity contribution in [2.75, 3.05) is 25.1 Å². The van der Waals surface area contributed by atoms with Gasteiger partial charge < -0.3 is 10.1 Å². The maximum atomic E-state index is 10.8. The van der Waals surface area contributed by atoms with E-state index >= 15 is 0 Å². The Hall–Kier alpha value is -1.47. The number of nitro groups is 1. The lowest BCUT2D eigenvalue weighted by Gasteiger charge is -2.08. The Morgan fingerprint density at radius 1 is 1.53 bits per heavy atom. The molecule has 0 radical (unpaired) electrons. The fraction of sp³-hybridized carbons (Fsp3) is 0.636. The molecule has 1 heterocycles. The van der Waals surface area contributed by atoms with Crippen molar-refractivity contribution in [1.82, 2.24) is 9.97 Å². The van der Waals surface area contributed by atoms with Gasteiger partial charge in [-0.25, -0.2) is 4.98 Å². The van der Waals surface area contributed by atoms with Crippen LogP contribution in [-0.2, 0) is 4.74 Å². The van der Waals surface area contributed by atoms with Crippen LogP contribution in [0.1, 0.15) is 20.3 Å². The first-order chi connectivity index (χ1) is 9.00. The molecule has 7 nitrogen and oxygen atoms in total. The van der Waals surface area contributed by atoms with Crippen LogP contribution in [-0.4, -0.2) is 34.6 Å². The number of hydrogen-bond acceptors (Lipinski definition) is 6. The fourth-order valence-electron chi connectivity index (χ4n) is 1.28. The molecule has 1 rings (SSSR count). The molecule has 1 N–H and O–H groups in total. The molecule has 0 amide bonds. The molecule has 19 heavy (non-hydrogen) atoms. The first-order valence-electron chi connectivity index (χ1n) is 5.99. The second kappa shape index (κ2) is 7.85. The second-order valence-electron chi connectivity index (χ2n) is 4.35. The second-order valence-corrected chi connectivity index (χ2v) is 4.69. The van der Waals surface area contributed by atoms with Crippen molar-refractivity contribution in [3.05, 3.63) is 21.6 Å². The summed E-state index contributed by atoms with van der Waals surface area (Å²) in [6, 6.07) is 0. The lowest BCUT2D eigenvalue weighted by Crippen LogP contribution is -2.13. The predicted molar refractivity (Wildman–Crippen MR) is 72.5 cm³/mol. The number of nitrogens with one attached hydrogen (secondary N) is 1. The van der Waals surface area contributed by atoms with E-state index in [1.165, 1.54) is 0 Å². The highest BCUT2D eigenvalue weighted by atomic mass is 35.5. The Morgan fingerprint density at radius 2 is 2.26 bits per heavy atom. The highest BCUT2D eigenvalue weighted by Gasteiger charge is 2.16. The maximum Gasteiger partial charge on any atom is 0.329 e. The lowest BCUT2D eigenvalue weighted by atomic mass is 10.1. The number of hydrogen-bond donors (Lipinski definition) is 1. The van der Waals surface area contributed by atoms with Crippen LogP contribution in [0.4, 0.5) is 11.5 Å². The van der Waals surface area contributed by atoms with E-state index in [1.807, 2.05) is 0 Å². The summed E-state index contributed by atoms with van der Waals surface area (Å²) in [6.07, 6.45) is 2.07. The molecule has 0 aliphatic rings. The molecule has 0 saturated heterocycles. The van der Waals surface area contributed by atoms with E-state index in [1.54, 1.807) is 0 Å². The molecule has 0 spiro atoms. The number of halogens is 1. The van der Waals surface area contributed by atoms with Crippen LogP contribution in [0.15, 0.2) is 6.20 Å². The minimum absolute atomic E-state index is 0.0335. The van der Waals surface area contributed by atoms with Crippen molar-refractivity contribution in [3.8, 4) is 0 Å². The third-order valence-electron chi connectivity index (χ3n) is 2.32. The molecule has 0 atom stereocenters. The molecule has 0 bridgehead atoms. The number of aromatic nitrogens is 2. The molecule has 0 aromatic carbocycles. The zero-order chi connectivity index (χ0) is 14.3. The van der Waals surface area contributed by atoms with E-state index in [9.17, 15) is 10.1 Å². The summed E-state index contributed by atoms with van der Waals surface area (Å²) in [4.78, 5) is 17.6. The van der Waals surface area contributed by atoms with Crippen molar-refractivity contribution >= 4 is 23.1 Å². The van der Waals surface area contributed by atoms with Gasteiger partial charge in [-0.3, -0.25) is 10.1 Å². The van der Waals surface area contributed by atoms with Gasteiger partial charge in [0, 0.05) is 13.2 Å². The van der Waals surface area contributed by atoms with Gasteiger partial charge in [0.2, 0.25) is 11.1 Å². The van der Waals surface area contributed by atoms with Crippen molar-refractivity contribution in [2.45, 2.75) is 20.3 Å². The van der Waals surface area contributed by atoms with Gasteiger partial charge in [-0.15, -0.1) is 0 Å². The molecule has 0 unspecified atom stereocenters. The molecule has 1 aromatic heterocycles. The zero-order valence-corrected chi connectivity index (χ0v) is 11.7. The largest absolute Gasteiger partial charge is 0.380 e. The van der Waals surface area contributed by atoms with Crippen LogP contribution in [0.25, 0.3) is 0 Å². The van der Waals surface area contributed by atoms with Gasteiger partial charge in [0.1, 0.15) is 6.20 Å². The van der Waals surface area contributed by atoms with Gasteiger partial charge in [0.15, 0.2) is 0 Å². The van der Waals surface area contributed by atoms with Crippen LogP contribution in [0.2, 0.25) is 5.28 Å². The van der Waals surface area contributed by atoms with E-state index in [2.05, 4.69) is 29.1 Å². The summed E-state index contributed by atoms with van der Waals surface area (Å²) in [5.41, 5.74) is -0.202. The molecular weight excluding hydrogens is 272 g/mol. The standard InChI is InChI=1S/C11H17ClN4O3/c1-8(2)3-5-19-6-4-13-10-9(16(17)18)7-14-11(12)15-10/h7-8H,3-6H2,1-2H3,(H,13,14,15). The number of anilines is 1. The minimum atomic E-state index is -0.557. The van der Waals surface area contributed by atoms with E-state index in [0.717, 1.165) is 12.6 Å². The number of ether oxygens (including phenoxy) is 1. The normalized spacial score (nSPS) is 10.7. The SMILES string of the molecule is CC(C)CCOCCNc1nc(Cl)ncc1[N+](=O)[O-]. The topological polar surface area (TPSA) is 90.2 Å². The van der Waals surface area contributed by atoms with Crippen LogP contribution < -0.4 is 5.32 Å². The van der Waals surface area contributed by atoms with Gasteiger partial charge in [0.05, 0.1) is 11.5 Å². The average Bonchev–Trinajstić information content (AvgIpc) is 2.33. The minimum Gasteiger partial charge on any atom is -0.380 e. The summed E-state index contributed by atoms with van der Waals surface area (Å²) < 4.78 is 5.39. The third kappa shape index (κ3) is 5.80. The first-order valence-corrected chi connectivity index (χ1v) is 6.37. The van der Waals surface area contributed by atoms with Crippen molar-refractivity contribution in [1.29, 1.82) is 0 Å². The maximum absolute atomic E-state index is 10.8. The number of nitrogens with zero attached hydrogens (tertiary/aromatic N) is 3. The smallest absolute Gasteiger partial charge is 0.329 e. The van der Waals surface area contributed by atoms with E-state index < -0.39 is 4.92 Å². The predicted octanol–water partition coefficient (Wildman–Crippen LogP) is 2.51. The molecule has 106 valence electrons. The highest BCUT2D eigenvalue weighted by Crippen LogP contribution is 2.21. The van der Waals surface area contributed by atoms with Gasteiger partial charge in [-0.1, -0.05) is 13.8 Å². The van der Waals surface area contributed by atoms with Crippen LogP contribution in [0.5, 0.6) is 0 Å². The lowest BCUT2D eigenvalue weighted by molar-refractivity contribution is -0.384. The Balaban J connectivity index is 2.40. The van der Waals surface area contributed by atoms with Crippen LogP contribution >= 0.6 is 11.6 Å². The summed E-state index contributed by atoms with van der Waals surface area (Å²) in [7, 11) is 0. The summed E-state index contributed by atoms with van der Waals surface area (Å²) >= 11 is 5.60. The Morgan fingerprint density at radius 3 is 2.89 bits per heavy atom. The highest BCUT2D eigenvalue weighted by molar-refractivity contribution is 6.28. The van der Waals surface area contributed by atoms with Gasteiger partial charge >= 0.3 is 5.69 Å². The van der Waals surface area contributed by atoms with E-state index in [4.69, 9.17) is 16.3 Å². The number of rotatable bonds is 8. The van der Waals surface area contributed by atoms with E-state index in [-0.39, 0.29) is 16.8 Å². The van der Waals surface area contributed by atoms with Crippen molar-refractivity contribution < 1.29 is 9.66 Å². The van der Waals surface area contributed by atoms with Gasteiger partial charge in [-0.2, -0.15) is 4.98 Å². The van der Waals surface area contributed by atoms with Gasteiger partial charge in [0.25, 0.3) is 0 Å². The quantitative estimate of drug-likeness (QED) is 0.342. The fourth-order valence-corrected chi connectivity index (χ4v) is 1.41.